The fourth-order valence-electron chi connectivity index (χ4n) is 2.96. The predicted molar refractivity (Wildman–Crippen MR) is 116 cm³/mol. The third-order valence-corrected chi connectivity index (χ3v) is 5.17. The van der Waals surface area contributed by atoms with E-state index in [4.69, 9.17) is 4.74 Å². The number of guanidine groups is 1. The molecule has 25 heavy (non-hydrogen) atoms. The summed E-state index contributed by atoms with van der Waals surface area (Å²) in [6, 6.07) is 14.4. The standard InChI is InChI=1S/C19H25N3OS.HI/c1-20-19(21-12-9-18-8-5-15-24-18)22-13-10-17(11-14-22)23-16-6-3-2-4-7-16;/h2-8,15,17H,9-14H2,1H3,(H,20,21);1H. The van der Waals surface area contributed by atoms with Gasteiger partial charge in [-0.15, -0.1) is 35.3 Å². The largest absolute Gasteiger partial charge is 0.490 e. The molecule has 4 nitrogen and oxygen atoms in total. The Morgan fingerprint density at radius 2 is 1.96 bits per heavy atom. The van der Waals surface area contributed by atoms with Gasteiger partial charge in [0, 0.05) is 44.4 Å². The topological polar surface area (TPSA) is 36.9 Å². The molecule has 0 aliphatic carbocycles. The zero-order chi connectivity index (χ0) is 16.6. The van der Waals surface area contributed by atoms with Crippen LogP contribution in [0.15, 0.2) is 52.8 Å². The maximum absolute atomic E-state index is 6.06. The van der Waals surface area contributed by atoms with Gasteiger partial charge in [-0.2, -0.15) is 0 Å². The minimum atomic E-state index is 0. The number of piperidine rings is 1. The lowest BCUT2D eigenvalue weighted by atomic mass is 10.1. The van der Waals surface area contributed by atoms with E-state index in [-0.39, 0.29) is 24.0 Å². The monoisotopic (exact) mass is 471 g/mol. The van der Waals surface area contributed by atoms with Gasteiger partial charge in [-0.1, -0.05) is 24.3 Å². The summed E-state index contributed by atoms with van der Waals surface area (Å²) in [5, 5.41) is 5.61. The molecule has 0 bridgehead atoms. The Morgan fingerprint density at radius 1 is 1.20 bits per heavy atom. The summed E-state index contributed by atoms with van der Waals surface area (Å²) in [7, 11) is 1.86. The Kier molecular flexibility index (Phi) is 8.54. The van der Waals surface area contributed by atoms with E-state index in [1.54, 1.807) is 0 Å². The first-order valence-corrected chi connectivity index (χ1v) is 9.43. The lowest BCUT2D eigenvalue weighted by Gasteiger charge is -2.34. The van der Waals surface area contributed by atoms with Gasteiger partial charge >= 0.3 is 0 Å². The van der Waals surface area contributed by atoms with Crippen molar-refractivity contribution in [3.05, 3.63) is 52.7 Å². The number of benzene rings is 1. The van der Waals surface area contributed by atoms with E-state index >= 15 is 0 Å². The molecular weight excluding hydrogens is 445 g/mol. The second kappa shape index (κ2) is 10.7. The summed E-state index contributed by atoms with van der Waals surface area (Å²) in [4.78, 5) is 8.18. The van der Waals surface area contributed by atoms with Crippen LogP contribution in [0.25, 0.3) is 0 Å². The molecule has 0 amide bonds. The highest BCUT2D eigenvalue weighted by atomic mass is 127. The van der Waals surface area contributed by atoms with Crippen LogP contribution in [0.1, 0.15) is 17.7 Å². The smallest absolute Gasteiger partial charge is 0.193 e. The molecule has 2 heterocycles. The molecule has 1 saturated heterocycles. The van der Waals surface area contributed by atoms with Crippen molar-refractivity contribution in [2.45, 2.75) is 25.4 Å². The number of nitrogens with zero attached hydrogens (tertiary/aromatic N) is 2. The van der Waals surface area contributed by atoms with Gasteiger partial charge < -0.3 is 15.0 Å². The number of hydrogen-bond acceptors (Lipinski definition) is 3. The number of ether oxygens (including phenoxy) is 1. The molecule has 136 valence electrons. The fraction of sp³-hybridized carbons (Fsp3) is 0.421. The zero-order valence-electron chi connectivity index (χ0n) is 14.6. The van der Waals surface area contributed by atoms with E-state index in [1.165, 1.54) is 4.88 Å². The maximum Gasteiger partial charge on any atom is 0.193 e. The van der Waals surface area contributed by atoms with Gasteiger partial charge in [-0.3, -0.25) is 4.99 Å². The van der Waals surface area contributed by atoms with Crippen LogP contribution in [0, 0.1) is 0 Å². The average molecular weight is 471 g/mol. The van der Waals surface area contributed by atoms with E-state index in [0.717, 1.165) is 50.6 Å². The molecule has 2 aromatic rings. The molecule has 3 rings (SSSR count). The number of rotatable bonds is 5. The first-order valence-electron chi connectivity index (χ1n) is 8.55. The van der Waals surface area contributed by atoms with E-state index in [9.17, 15) is 0 Å². The van der Waals surface area contributed by atoms with Crippen molar-refractivity contribution in [2.75, 3.05) is 26.7 Å². The molecule has 1 aliphatic rings. The summed E-state index contributed by atoms with van der Waals surface area (Å²) < 4.78 is 6.06. The molecular formula is C19H26IN3OS. The summed E-state index contributed by atoms with van der Waals surface area (Å²) in [5.41, 5.74) is 0. The van der Waals surface area contributed by atoms with Gasteiger partial charge in [0.25, 0.3) is 0 Å². The fourth-order valence-corrected chi connectivity index (χ4v) is 3.67. The summed E-state index contributed by atoms with van der Waals surface area (Å²) in [6.07, 6.45) is 3.40. The lowest BCUT2D eigenvalue weighted by Crippen LogP contribution is -2.47. The molecule has 6 heteroatoms. The molecule has 0 unspecified atom stereocenters. The number of hydrogen-bond donors (Lipinski definition) is 1. The molecule has 0 spiro atoms. The van der Waals surface area contributed by atoms with Crippen LogP contribution in [0.4, 0.5) is 0 Å². The Bertz CT molecular complexity index is 625. The van der Waals surface area contributed by atoms with E-state index in [1.807, 2.05) is 48.7 Å². The van der Waals surface area contributed by atoms with Crippen molar-refractivity contribution < 1.29 is 4.74 Å². The van der Waals surface area contributed by atoms with Crippen molar-refractivity contribution in [3.8, 4) is 5.75 Å². The van der Waals surface area contributed by atoms with Crippen LogP contribution >= 0.6 is 35.3 Å². The minimum Gasteiger partial charge on any atom is -0.490 e. The number of thiophene rings is 1. The van der Waals surface area contributed by atoms with E-state index < -0.39 is 0 Å². The SMILES string of the molecule is CN=C(NCCc1cccs1)N1CCC(Oc2ccccc2)CC1.I. The number of para-hydroxylation sites is 1. The van der Waals surface area contributed by atoms with E-state index in [0.29, 0.717) is 6.10 Å². The highest BCUT2D eigenvalue weighted by molar-refractivity contribution is 14.0. The molecule has 0 saturated carbocycles. The first kappa shape index (κ1) is 20.0. The Morgan fingerprint density at radius 3 is 2.60 bits per heavy atom. The summed E-state index contributed by atoms with van der Waals surface area (Å²) in [5.74, 6) is 1.97. The van der Waals surface area contributed by atoms with E-state index in [2.05, 4.69) is 32.7 Å². The normalized spacial score (nSPS) is 15.6. The number of halogens is 1. The van der Waals surface area contributed by atoms with Crippen molar-refractivity contribution >= 4 is 41.3 Å². The van der Waals surface area contributed by atoms with Gasteiger partial charge in [0.2, 0.25) is 0 Å². The molecule has 1 aromatic carbocycles. The molecule has 1 fully saturated rings. The Hall–Kier alpha value is -1.28. The minimum absolute atomic E-state index is 0. The highest BCUT2D eigenvalue weighted by Gasteiger charge is 2.22. The number of aliphatic imine (C=N–C) groups is 1. The van der Waals surface area contributed by atoms with Crippen molar-refractivity contribution in [1.29, 1.82) is 0 Å². The first-order chi connectivity index (χ1) is 11.8. The van der Waals surface area contributed by atoms with Crippen molar-refractivity contribution in [3.63, 3.8) is 0 Å². The molecule has 0 atom stereocenters. The average Bonchev–Trinajstić information content (AvgIpc) is 3.14. The van der Waals surface area contributed by atoms with Gasteiger partial charge in [-0.05, 0) is 30.0 Å². The molecule has 1 aromatic heterocycles. The van der Waals surface area contributed by atoms with Gasteiger partial charge in [0.1, 0.15) is 11.9 Å². The van der Waals surface area contributed by atoms with Crippen LogP contribution in [-0.4, -0.2) is 43.6 Å². The number of likely N-dealkylation sites (tertiary alicyclic amines) is 1. The van der Waals surface area contributed by atoms with Crippen LogP contribution in [0.5, 0.6) is 5.75 Å². The van der Waals surface area contributed by atoms with Crippen LogP contribution in [0.2, 0.25) is 0 Å². The quantitative estimate of drug-likeness (QED) is 0.407. The Balaban J connectivity index is 0.00000225. The van der Waals surface area contributed by atoms with Crippen molar-refractivity contribution in [2.24, 2.45) is 4.99 Å². The lowest BCUT2D eigenvalue weighted by molar-refractivity contribution is 0.129. The molecule has 0 radical (unpaired) electrons. The second-order valence-electron chi connectivity index (χ2n) is 5.92. The van der Waals surface area contributed by atoms with Crippen LogP contribution in [0.3, 0.4) is 0 Å². The highest BCUT2D eigenvalue weighted by Crippen LogP contribution is 2.18. The molecule has 1 aliphatic heterocycles. The zero-order valence-corrected chi connectivity index (χ0v) is 17.7. The Labute approximate surface area is 171 Å². The maximum atomic E-state index is 6.06. The second-order valence-corrected chi connectivity index (χ2v) is 6.95. The van der Waals surface area contributed by atoms with Gasteiger partial charge in [0.05, 0.1) is 0 Å². The van der Waals surface area contributed by atoms with Crippen LogP contribution < -0.4 is 10.1 Å². The predicted octanol–water partition coefficient (Wildman–Crippen LogP) is 4.03. The summed E-state index contributed by atoms with van der Waals surface area (Å²) >= 11 is 1.81. The summed E-state index contributed by atoms with van der Waals surface area (Å²) in [6.45, 7) is 2.89. The number of nitrogens with one attached hydrogen (secondary N) is 1. The van der Waals surface area contributed by atoms with Gasteiger partial charge in [0.15, 0.2) is 5.96 Å². The molecule has 1 N–H and O–H groups in total. The third-order valence-electron chi connectivity index (χ3n) is 4.23. The van der Waals surface area contributed by atoms with Gasteiger partial charge in [-0.25, -0.2) is 0 Å². The van der Waals surface area contributed by atoms with Crippen molar-refractivity contribution in [1.82, 2.24) is 10.2 Å². The van der Waals surface area contributed by atoms with Crippen LogP contribution in [-0.2, 0) is 6.42 Å². The third kappa shape index (κ3) is 6.18.